The summed E-state index contributed by atoms with van der Waals surface area (Å²) < 4.78 is 73.5. The van der Waals surface area contributed by atoms with Crippen LogP contribution in [0, 0.1) is 23.2 Å². The lowest BCUT2D eigenvalue weighted by Crippen LogP contribution is -2.61. The van der Waals surface area contributed by atoms with Crippen LogP contribution in [0.25, 0.3) is 11.0 Å². The minimum atomic E-state index is -4.24. The molecule has 1 aromatic carbocycles. The van der Waals surface area contributed by atoms with Gasteiger partial charge in [-0.25, -0.2) is 32.0 Å². The summed E-state index contributed by atoms with van der Waals surface area (Å²) in [5.74, 6) is -4.49. The second kappa shape index (κ2) is 14.2. The second-order valence-corrected chi connectivity index (χ2v) is 20.1. The number of hydrogen-bond donors (Lipinski definition) is 3. The minimum absolute atomic E-state index is 0.0746. The molecule has 2 bridgehead atoms. The van der Waals surface area contributed by atoms with E-state index in [1.165, 1.54) is 18.9 Å². The lowest BCUT2D eigenvalue weighted by atomic mass is 9.85. The van der Waals surface area contributed by atoms with Gasteiger partial charge in [0.15, 0.2) is 0 Å². The first kappa shape index (κ1) is 40.8. The Labute approximate surface area is 330 Å². The summed E-state index contributed by atoms with van der Waals surface area (Å²) in [6, 6.07) is 2.66. The number of carbonyl (C=O) groups is 4. The van der Waals surface area contributed by atoms with Crippen LogP contribution in [0.5, 0.6) is 11.6 Å². The van der Waals surface area contributed by atoms with E-state index in [4.69, 9.17) is 24.2 Å². The fraction of sp³-hybridized carbons (Fsp3) is 0.692. The van der Waals surface area contributed by atoms with Crippen LogP contribution in [0.15, 0.2) is 18.2 Å². The number of hydrogen-bond acceptors (Lipinski definition) is 11. The highest BCUT2D eigenvalue weighted by Crippen LogP contribution is 2.51. The number of aryl methyl sites for hydroxylation is 1. The van der Waals surface area contributed by atoms with Crippen molar-refractivity contribution < 1.29 is 50.6 Å². The summed E-state index contributed by atoms with van der Waals surface area (Å²) in [5.41, 5.74) is -2.27. The van der Waals surface area contributed by atoms with E-state index in [0.29, 0.717) is 54.6 Å². The van der Waals surface area contributed by atoms with Crippen LogP contribution in [0.4, 0.5) is 13.6 Å². The summed E-state index contributed by atoms with van der Waals surface area (Å²) >= 11 is 0. The number of aromatic nitrogens is 2. The quantitative estimate of drug-likeness (QED) is 0.348. The predicted octanol–water partition coefficient (Wildman–Crippen LogP) is 4.02. The number of ether oxygens (including phenoxy) is 3. The number of fused-ring (bicyclic) bond motifs is 5. The Bertz CT molecular complexity index is 2090. The number of nitrogens with one attached hydrogen (secondary N) is 3. The van der Waals surface area contributed by atoms with Gasteiger partial charge in [-0.1, -0.05) is 27.7 Å². The standard InChI is InChI=1S/C39H52F2N6O9S/c1-8-22-27-19-47(28(22)31(48)45-39(18-23(39)30(40)41)34(50)46-57(52,53)37(5)14-15-37)33(49)29(36(2,3)4)44-35(51)56-38(6)17-20(38)10-9-11-25-32(55-27)43-26-16-21(54-7)12-13-24(26)42-25/h12-13,16,20,22-23,27-30H,8-11,14-15,17-19H2,1-7H3,(H,44,51)(H,45,48)(H,46,50)/t20?,22-,23+,27+,28+,29-,38-,39-/m1/s1. The van der Waals surface area contributed by atoms with Gasteiger partial charge >= 0.3 is 6.09 Å². The first-order valence-corrected chi connectivity index (χ1v) is 21.1. The fourth-order valence-electron chi connectivity index (χ4n) is 8.41. The monoisotopic (exact) mass is 818 g/mol. The molecule has 15 nitrogen and oxygen atoms in total. The number of halogens is 2. The van der Waals surface area contributed by atoms with Crippen molar-refractivity contribution in [1.29, 1.82) is 0 Å². The van der Waals surface area contributed by atoms with E-state index in [1.807, 2.05) is 11.6 Å². The average Bonchev–Trinajstić information content (AvgIpc) is 4.09. The maximum atomic E-state index is 14.8. The molecule has 0 radical (unpaired) electrons. The topological polar surface area (TPSA) is 195 Å². The highest BCUT2D eigenvalue weighted by atomic mass is 32.2. The normalized spacial score (nSPS) is 32.3. The molecule has 1 saturated heterocycles. The van der Waals surface area contributed by atoms with Crippen LogP contribution >= 0.6 is 0 Å². The molecule has 1 aromatic heterocycles. The van der Waals surface area contributed by atoms with Gasteiger partial charge in [0.05, 0.1) is 35.4 Å². The summed E-state index contributed by atoms with van der Waals surface area (Å²) in [6.07, 6.45) is -1.94. The van der Waals surface area contributed by atoms with Crippen molar-refractivity contribution in [2.45, 2.75) is 133 Å². The highest BCUT2D eigenvalue weighted by Gasteiger charge is 2.68. The zero-order chi connectivity index (χ0) is 41.5. The minimum Gasteiger partial charge on any atom is -0.497 e. The van der Waals surface area contributed by atoms with Crippen LogP contribution in [-0.2, 0) is 35.6 Å². The second-order valence-electron chi connectivity index (χ2n) is 17.9. The Morgan fingerprint density at radius 1 is 1.12 bits per heavy atom. The number of alkyl carbamates (subject to hydrolysis) is 1. The number of rotatable bonds is 8. The van der Waals surface area contributed by atoms with Crippen LogP contribution < -0.4 is 24.8 Å². The molecule has 3 N–H and O–H groups in total. The zero-order valence-electron chi connectivity index (χ0n) is 33.3. The SMILES string of the molecule is CC[C@@H]1[C@@H]2CN(C(=O)[C@H](C(C)(C)C)NC(=O)O[C@]3(C)CC3CCCc3nc4ccc(OC)cc4nc3O2)[C@@H]1C(=O)N[C@]1(C(=O)NS(=O)(=O)C2(C)CC2)C[C@H]1C(F)F. The Kier molecular flexibility index (Phi) is 10.2. The van der Waals surface area contributed by atoms with E-state index < -0.39 is 98.0 Å². The lowest BCUT2D eigenvalue weighted by Gasteiger charge is -2.36. The van der Waals surface area contributed by atoms with Gasteiger partial charge in [-0.3, -0.25) is 19.1 Å². The molecule has 57 heavy (non-hydrogen) atoms. The van der Waals surface area contributed by atoms with Gasteiger partial charge < -0.3 is 29.7 Å². The van der Waals surface area contributed by atoms with Crippen molar-refractivity contribution in [2.24, 2.45) is 23.2 Å². The smallest absolute Gasteiger partial charge is 0.408 e. The number of nitrogens with zero attached hydrogens (tertiary/aromatic N) is 3. The van der Waals surface area contributed by atoms with E-state index >= 15 is 0 Å². The molecule has 8 atom stereocenters. The van der Waals surface area contributed by atoms with Gasteiger partial charge in [-0.05, 0) is 82.8 Å². The molecule has 3 saturated carbocycles. The number of amides is 4. The van der Waals surface area contributed by atoms with Gasteiger partial charge in [0.1, 0.15) is 40.8 Å². The molecule has 3 aliphatic carbocycles. The fourth-order valence-corrected chi connectivity index (χ4v) is 9.73. The van der Waals surface area contributed by atoms with Crippen molar-refractivity contribution in [3.05, 3.63) is 23.9 Å². The Hall–Kier alpha value is -4.35. The number of benzene rings is 1. The molecule has 3 heterocycles. The molecule has 18 heteroatoms. The van der Waals surface area contributed by atoms with Gasteiger partial charge in [0.2, 0.25) is 34.1 Å². The van der Waals surface area contributed by atoms with Crippen molar-refractivity contribution in [3.63, 3.8) is 0 Å². The zero-order valence-corrected chi connectivity index (χ0v) is 34.1. The van der Waals surface area contributed by atoms with E-state index in [0.717, 1.165) is 6.42 Å². The van der Waals surface area contributed by atoms with Gasteiger partial charge in [0, 0.05) is 17.9 Å². The number of sulfonamides is 1. The first-order chi connectivity index (χ1) is 26.6. The number of carbonyl (C=O) groups excluding carboxylic acids is 4. The van der Waals surface area contributed by atoms with Gasteiger partial charge in [-0.15, -0.1) is 0 Å². The summed E-state index contributed by atoms with van der Waals surface area (Å²) in [6.45, 7) is 10.1. The molecule has 2 aromatic rings. The average molecular weight is 819 g/mol. The third-order valence-electron chi connectivity index (χ3n) is 12.7. The van der Waals surface area contributed by atoms with Crippen LogP contribution in [0.1, 0.15) is 92.2 Å². The summed E-state index contributed by atoms with van der Waals surface area (Å²) in [5, 5.41) is 5.25. The molecular weight excluding hydrogens is 767 g/mol. The molecule has 312 valence electrons. The molecule has 2 aliphatic heterocycles. The van der Waals surface area contributed by atoms with E-state index in [-0.39, 0.29) is 24.8 Å². The van der Waals surface area contributed by atoms with Gasteiger partial charge in [0.25, 0.3) is 5.91 Å². The van der Waals surface area contributed by atoms with E-state index in [2.05, 4.69) is 10.6 Å². The van der Waals surface area contributed by atoms with Crippen molar-refractivity contribution in [2.75, 3.05) is 13.7 Å². The Morgan fingerprint density at radius 3 is 2.46 bits per heavy atom. The van der Waals surface area contributed by atoms with Crippen LogP contribution in [0.2, 0.25) is 0 Å². The van der Waals surface area contributed by atoms with Crippen molar-refractivity contribution in [3.8, 4) is 11.6 Å². The Morgan fingerprint density at radius 2 is 1.84 bits per heavy atom. The predicted molar refractivity (Wildman–Crippen MR) is 202 cm³/mol. The van der Waals surface area contributed by atoms with Crippen molar-refractivity contribution in [1.82, 2.24) is 30.2 Å². The number of alkyl halides is 2. The van der Waals surface area contributed by atoms with Crippen molar-refractivity contribution >= 4 is 44.9 Å². The Balaban J connectivity index is 1.28. The third kappa shape index (κ3) is 7.57. The van der Waals surface area contributed by atoms with E-state index in [9.17, 15) is 36.4 Å². The molecular formula is C39H52F2N6O9S. The summed E-state index contributed by atoms with van der Waals surface area (Å²) in [4.78, 5) is 67.6. The summed E-state index contributed by atoms with van der Waals surface area (Å²) in [7, 11) is -2.71. The van der Waals surface area contributed by atoms with E-state index in [1.54, 1.807) is 45.9 Å². The maximum Gasteiger partial charge on any atom is 0.408 e. The maximum absolute atomic E-state index is 14.8. The van der Waals surface area contributed by atoms with Gasteiger partial charge in [-0.2, -0.15) is 0 Å². The van der Waals surface area contributed by atoms with Crippen LogP contribution in [0.3, 0.4) is 0 Å². The number of methoxy groups -OCH3 is 1. The third-order valence-corrected chi connectivity index (χ3v) is 14.9. The molecule has 4 fully saturated rings. The molecule has 5 aliphatic rings. The molecule has 4 amide bonds. The lowest BCUT2D eigenvalue weighted by molar-refractivity contribution is -0.144. The largest absolute Gasteiger partial charge is 0.497 e. The molecule has 0 spiro atoms. The highest BCUT2D eigenvalue weighted by molar-refractivity contribution is 7.91. The molecule has 7 rings (SSSR count). The first-order valence-electron chi connectivity index (χ1n) is 19.6. The van der Waals surface area contributed by atoms with Crippen LogP contribution in [-0.4, -0.2) is 101 Å². The molecule has 1 unspecified atom stereocenters.